The molecular weight excluding hydrogens is 416 g/mol. The second kappa shape index (κ2) is 13.5. The van der Waals surface area contributed by atoms with Gasteiger partial charge in [0.2, 0.25) is 11.8 Å². The zero-order valence-electron chi connectivity index (χ0n) is 22.5. The van der Waals surface area contributed by atoms with Gasteiger partial charge in [-0.25, -0.2) is 0 Å². The molecule has 1 heterocycles. The largest absolute Gasteiger partial charge is 0.296 e. The molecule has 1 saturated heterocycles. The van der Waals surface area contributed by atoms with Crippen molar-refractivity contribution >= 4 is 26.2 Å². The predicted molar refractivity (Wildman–Crippen MR) is 145 cm³/mol. The number of carbonyl (C=O) groups excluding carboxylic acids is 2. The standard InChI is InChI=1S/C29H51B2NO2/c1-27(19-15-11-7-5-3-4-6-8-12-16-20-27)29(22-23-29)31-30-28(2)21-17-13-9-10-14-18-25(33)32-26(34)24-28/h3-24H2,1-2H3,(H,32,33,34). The van der Waals surface area contributed by atoms with Gasteiger partial charge in [-0.15, -0.1) is 0 Å². The minimum absolute atomic E-state index is 0.0872. The van der Waals surface area contributed by atoms with E-state index < -0.39 is 0 Å². The highest BCUT2D eigenvalue weighted by atomic mass is 16.2. The first-order chi connectivity index (χ1) is 16.4. The summed E-state index contributed by atoms with van der Waals surface area (Å²) in [5.74, 6) is -0.178. The van der Waals surface area contributed by atoms with Crippen LogP contribution in [-0.4, -0.2) is 26.2 Å². The molecule has 3 rings (SSSR count). The van der Waals surface area contributed by atoms with E-state index in [1.54, 1.807) is 0 Å². The van der Waals surface area contributed by atoms with Crippen molar-refractivity contribution in [2.75, 3.05) is 0 Å². The van der Waals surface area contributed by atoms with Crippen LogP contribution in [0.15, 0.2) is 0 Å². The molecule has 5 heteroatoms. The maximum atomic E-state index is 12.7. The second-order valence-electron chi connectivity index (χ2n) is 12.7. The molecule has 0 aromatic rings. The average molecular weight is 467 g/mol. The van der Waals surface area contributed by atoms with E-state index in [0.29, 0.717) is 23.6 Å². The van der Waals surface area contributed by atoms with Crippen molar-refractivity contribution in [1.29, 1.82) is 0 Å². The first-order valence-corrected chi connectivity index (χ1v) is 14.9. The molecule has 2 amide bonds. The van der Waals surface area contributed by atoms with Gasteiger partial charge in [0, 0.05) is 12.8 Å². The van der Waals surface area contributed by atoms with Crippen LogP contribution in [0.1, 0.15) is 155 Å². The van der Waals surface area contributed by atoms with Crippen LogP contribution in [-0.2, 0) is 9.59 Å². The summed E-state index contributed by atoms with van der Waals surface area (Å²) in [6, 6.07) is 0. The van der Waals surface area contributed by atoms with Crippen molar-refractivity contribution in [3.05, 3.63) is 0 Å². The topological polar surface area (TPSA) is 46.2 Å². The van der Waals surface area contributed by atoms with Crippen molar-refractivity contribution < 1.29 is 9.59 Å². The summed E-state index contributed by atoms with van der Waals surface area (Å²) in [7, 11) is 4.98. The maximum Gasteiger partial charge on any atom is 0.226 e. The Hall–Kier alpha value is -0.730. The summed E-state index contributed by atoms with van der Waals surface area (Å²) >= 11 is 0. The number of hydrogen-bond donors (Lipinski definition) is 1. The SMILES string of the molecule is CC1([B][B]C2(C3(C)CCCCCCCCCCCC3)CC2)CCCCCCCC(=O)NC(=O)C1. The van der Waals surface area contributed by atoms with Crippen molar-refractivity contribution in [3.63, 3.8) is 0 Å². The monoisotopic (exact) mass is 467 g/mol. The molecule has 2 aliphatic carbocycles. The predicted octanol–water partition coefficient (Wildman–Crippen LogP) is 7.92. The number of hydrogen-bond acceptors (Lipinski definition) is 2. The van der Waals surface area contributed by atoms with Gasteiger partial charge >= 0.3 is 0 Å². The first kappa shape index (κ1) is 27.9. The van der Waals surface area contributed by atoms with Crippen LogP contribution in [0.3, 0.4) is 0 Å². The highest BCUT2D eigenvalue weighted by Crippen LogP contribution is 2.68. The molecule has 2 saturated carbocycles. The zero-order valence-corrected chi connectivity index (χ0v) is 22.5. The summed E-state index contributed by atoms with van der Waals surface area (Å²) in [6.07, 6.45) is 26.9. The van der Waals surface area contributed by atoms with Gasteiger partial charge in [-0.1, -0.05) is 134 Å². The molecule has 1 unspecified atom stereocenters. The molecule has 0 aromatic heterocycles. The molecule has 2 radical (unpaired) electrons. The van der Waals surface area contributed by atoms with Crippen LogP contribution < -0.4 is 5.32 Å². The van der Waals surface area contributed by atoms with Crippen molar-refractivity contribution in [1.82, 2.24) is 5.32 Å². The minimum atomic E-state index is -0.154. The van der Waals surface area contributed by atoms with Gasteiger partial charge in [-0.05, 0) is 24.7 Å². The minimum Gasteiger partial charge on any atom is -0.296 e. The van der Waals surface area contributed by atoms with Crippen LogP contribution >= 0.6 is 0 Å². The highest BCUT2D eigenvalue weighted by Gasteiger charge is 2.55. The lowest BCUT2D eigenvalue weighted by atomic mass is 9.20. The Kier molecular flexibility index (Phi) is 11.1. The first-order valence-electron chi connectivity index (χ1n) is 14.9. The Labute approximate surface area is 212 Å². The fourth-order valence-corrected chi connectivity index (χ4v) is 6.74. The fourth-order valence-electron chi connectivity index (χ4n) is 6.74. The maximum absolute atomic E-state index is 12.7. The van der Waals surface area contributed by atoms with Gasteiger partial charge in [0.15, 0.2) is 0 Å². The Morgan fingerprint density at radius 3 is 1.56 bits per heavy atom. The van der Waals surface area contributed by atoms with Crippen LogP contribution in [0.2, 0.25) is 10.6 Å². The van der Waals surface area contributed by atoms with E-state index in [2.05, 4.69) is 33.5 Å². The van der Waals surface area contributed by atoms with Crippen LogP contribution in [0.5, 0.6) is 0 Å². The molecular formula is C29H51B2NO2. The Morgan fingerprint density at radius 2 is 1.03 bits per heavy atom. The molecule has 1 aliphatic heterocycles. The molecule has 0 spiro atoms. The van der Waals surface area contributed by atoms with Gasteiger partial charge in [0.05, 0.1) is 14.3 Å². The summed E-state index contributed by atoms with van der Waals surface area (Å²) in [6.45, 7) is 4.83. The molecule has 0 bridgehead atoms. The van der Waals surface area contributed by atoms with Gasteiger partial charge in [-0.2, -0.15) is 0 Å². The molecule has 1 atom stereocenters. The van der Waals surface area contributed by atoms with Gasteiger partial charge in [0.25, 0.3) is 0 Å². The number of nitrogens with one attached hydrogen (secondary N) is 1. The quantitative estimate of drug-likeness (QED) is 0.337. The molecule has 3 nitrogen and oxygen atoms in total. The lowest BCUT2D eigenvalue weighted by Crippen LogP contribution is -2.38. The van der Waals surface area contributed by atoms with E-state index in [0.717, 1.165) is 19.3 Å². The molecule has 1 N–H and O–H groups in total. The molecule has 34 heavy (non-hydrogen) atoms. The van der Waals surface area contributed by atoms with Crippen LogP contribution in [0.25, 0.3) is 0 Å². The molecule has 3 aliphatic rings. The number of amides is 2. The summed E-state index contributed by atoms with van der Waals surface area (Å²) < 4.78 is 0. The Bertz CT molecular complexity index is 634. The average Bonchev–Trinajstić information content (AvgIpc) is 3.58. The number of rotatable bonds is 4. The summed E-state index contributed by atoms with van der Waals surface area (Å²) in [5.41, 5.74) is 0.386. The summed E-state index contributed by atoms with van der Waals surface area (Å²) in [5, 5.41) is 2.84. The third-order valence-electron chi connectivity index (χ3n) is 9.50. The third kappa shape index (κ3) is 8.74. The highest BCUT2D eigenvalue weighted by molar-refractivity contribution is 7.04. The molecule has 0 aromatic carbocycles. The Balaban J connectivity index is 1.63. The molecule has 190 valence electrons. The normalized spacial score (nSPS) is 30.2. The Morgan fingerprint density at radius 1 is 0.559 bits per heavy atom. The van der Waals surface area contributed by atoms with Crippen molar-refractivity contribution in [3.8, 4) is 0 Å². The van der Waals surface area contributed by atoms with E-state index in [9.17, 15) is 9.59 Å². The van der Waals surface area contributed by atoms with Crippen molar-refractivity contribution in [2.45, 2.75) is 166 Å². The number of imide groups is 1. The summed E-state index contributed by atoms with van der Waals surface area (Å²) in [4.78, 5) is 24.8. The number of carbonyl (C=O) groups is 2. The van der Waals surface area contributed by atoms with E-state index >= 15 is 0 Å². The van der Waals surface area contributed by atoms with Crippen LogP contribution in [0, 0.1) is 5.41 Å². The van der Waals surface area contributed by atoms with Crippen molar-refractivity contribution in [2.24, 2.45) is 5.41 Å². The zero-order chi connectivity index (χ0) is 24.3. The van der Waals surface area contributed by atoms with E-state index in [1.165, 1.54) is 109 Å². The lowest BCUT2D eigenvalue weighted by Gasteiger charge is -2.41. The van der Waals surface area contributed by atoms with E-state index in [4.69, 9.17) is 0 Å². The lowest BCUT2D eigenvalue weighted by molar-refractivity contribution is -0.130. The smallest absolute Gasteiger partial charge is 0.226 e. The molecule has 3 fully saturated rings. The van der Waals surface area contributed by atoms with Gasteiger partial charge < -0.3 is 0 Å². The fraction of sp³-hybridized carbons (Fsp3) is 0.931. The van der Waals surface area contributed by atoms with Gasteiger partial charge in [-0.3, -0.25) is 14.9 Å². The van der Waals surface area contributed by atoms with Gasteiger partial charge in [0.1, 0.15) is 0 Å². The third-order valence-corrected chi connectivity index (χ3v) is 9.50. The van der Waals surface area contributed by atoms with Crippen LogP contribution in [0.4, 0.5) is 0 Å². The van der Waals surface area contributed by atoms with E-state index in [-0.39, 0.29) is 17.1 Å². The second-order valence-corrected chi connectivity index (χ2v) is 12.7. The van der Waals surface area contributed by atoms with E-state index in [1.807, 2.05) is 0 Å².